The first-order valence-electron chi connectivity index (χ1n) is 15.4. The van der Waals surface area contributed by atoms with Crippen molar-refractivity contribution in [2.75, 3.05) is 27.3 Å². The van der Waals surface area contributed by atoms with Crippen LogP contribution < -0.4 is 19.6 Å². The predicted molar refractivity (Wildman–Crippen MR) is 182 cm³/mol. The molecule has 0 aliphatic carbocycles. The Morgan fingerprint density at radius 3 is 2.49 bits per heavy atom. The number of allylic oxidation sites excluding steroid dienone is 1. The van der Waals surface area contributed by atoms with Gasteiger partial charge >= 0.3 is 5.97 Å². The number of benzene rings is 3. The molecule has 0 spiro atoms. The summed E-state index contributed by atoms with van der Waals surface area (Å²) in [5, 5.41) is 1.85. The Bertz CT molecular complexity index is 2250. The average molecular weight is 650 g/mol. The molecule has 0 N–H and O–H groups in total. The van der Waals surface area contributed by atoms with Crippen LogP contribution in [-0.2, 0) is 9.53 Å². The summed E-state index contributed by atoms with van der Waals surface area (Å²) in [4.78, 5) is 47.6. The molecule has 0 bridgehead atoms. The Balaban J connectivity index is 1.53. The fourth-order valence-electron chi connectivity index (χ4n) is 6.17. The van der Waals surface area contributed by atoms with Crippen LogP contribution in [0.25, 0.3) is 28.2 Å². The Kier molecular flexibility index (Phi) is 8.70. The summed E-state index contributed by atoms with van der Waals surface area (Å²) in [6.45, 7) is 8.62. The van der Waals surface area contributed by atoms with E-state index in [0.29, 0.717) is 56.5 Å². The Labute approximate surface area is 275 Å². The van der Waals surface area contributed by atoms with E-state index in [0.717, 1.165) is 27.5 Å². The lowest BCUT2D eigenvalue weighted by Gasteiger charge is -2.30. The first kappa shape index (κ1) is 31.7. The molecule has 6 rings (SSSR count). The van der Waals surface area contributed by atoms with Crippen molar-refractivity contribution in [3.63, 3.8) is 0 Å². The number of carbonyl (C=O) groups is 2. The largest absolute Gasteiger partial charge is 0.496 e. The van der Waals surface area contributed by atoms with Crippen molar-refractivity contribution in [1.82, 2.24) is 9.47 Å². The molecule has 1 aliphatic heterocycles. The number of ether oxygens (including phenoxy) is 2. The summed E-state index contributed by atoms with van der Waals surface area (Å²) in [6, 6.07) is 19.9. The molecular weight excluding hydrogens is 614 g/mol. The number of likely N-dealkylation sites (N-methyl/N-ethyl adjacent to an activating group) is 1. The lowest BCUT2D eigenvalue weighted by Crippen LogP contribution is -2.43. The van der Waals surface area contributed by atoms with Crippen molar-refractivity contribution in [3.8, 4) is 17.1 Å². The molecule has 1 atom stereocenters. The Morgan fingerprint density at radius 2 is 1.79 bits per heavy atom. The van der Waals surface area contributed by atoms with Crippen LogP contribution in [0.3, 0.4) is 0 Å². The van der Waals surface area contributed by atoms with E-state index < -0.39 is 12.0 Å². The maximum Gasteiger partial charge on any atom is 0.337 e. The van der Waals surface area contributed by atoms with Crippen molar-refractivity contribution in [2.45, 2.75) is 33.7 Å². The van der Waals surface area contributed by atoms with Crippen LogP contribution in [0.4, 0.5) is 0 Å². The Hall–Kier alpha value is -5.22. The number of furan rings is 1. The van der Waals surface area contributed by atoms with Crippen LogP contribution in [0.2, 0.25) is 0 Å². The van der Waals surface area contributed by atoms with Crippen LogP contribution in [-0.4, -0.2) is 48.7 Å². The summed E-state index contributed by atoms with van der Waals surface area (Å²) >= 11 is 1.24. The molecular formula is C37H35N3O6S. The minimum absolute atomic E-state index is 0.171. The summed E-state index contributed by atoms with van der Waals surface area (Å²) in [5.41, 5.74) is 3.55. The van der Waals surface area contributed by atoms with Crippen LogP contribution in [0.15, 0.2) is 92.2 Å². The predicted octanol–water partition coefficient (Wildman–Crippen LogP) is 5.62. The second kappa shape index (κ2) is 12.9. The quantitative estimate of drug-likeness (QED) is 0.202. The van der Waals surface area contributed by atoms with Crippen LogP contribution in [0, 0.1) is 6.92 Å². The van der Waals surface area contributed by atoms with Crippen molar-refractivity contribution in [1.29, 1.82) is 0 Å². The second-order valence-corrected chi connectivity index (χ2v) is 12.2. The highest BCUT2D eigenvalue weighted by atomic mass is 32.1. The van der Waals surface area contributed by atoms with Crippen molar-refractivity contribution in [3.05, 3.63) is 120 Å². The van der Waals surface area contributed by atoms with Gasteiger partial charge in [-0.3, -0.25) is 14.2 Å². The average Bonchev–Trinajstić information content (AvgIpc) is 3.67. The smallest absolute Gasteiger partial charge is 0.337 e. The molecule has 2 aromatic heterocycles. The van der Waals surface area contributed by atoms with Crippen LogP contribution >= 0.6 is 11.3 Å². The van der Waals surface area contributed by atoms with Gasteiger partial charge in [-0.15, -0.1) is 0 Å². The first-order chi connectivity index (χ1) is 22.7. The molecule has 0 saturated heterocycles. The number of fused-ring (bicyclic) bond motifs is 2. The van der Waals surface area contributed by atoms with Gasteiger partial charge in [0, 0.05) is 30.3 Å². The molecule has 5 aromatic rings. The number of rotatable bonds is 8. The summed E-state index contributed by atoms with van der Waals surface area (Å²) in [5.74, 6) is 1.07. The standard InChI is InChI=1S/C37H35N3O6S/c1-7-39(8-2)35(42)31-22(4)38-37-40(33(31)32-27-12-10-9-11-23(27)14-17-29(32)44-5)34(41)30(47-37)20-25-15-18-28(46-25)26-16-13-24(19-21(26)3)36(43)45-6/h9-20,33H,7-8H2,1-6H3/b30-20-/t33-/m0/s1. The number of aryl methyl sites for hydroxylation is 1. The molecule has 47 heavy (non-hydrogen) atoms. The monoisotopic (exact) mass is 649 g/mol. The lowest BCUT2D eigenvalue weighted by atomic mass is 9.90. The van der Waals surface area contributed by atoms with Gasteiger partial charge < -0.3 is 18.8 Å². The number of thiazole rings is 1. The minimum atomic E-state index is -0.773. The summed E-state index contributed by atoms with van der Waals surface area (Å²) in [7, 11) is 2.94. The fraction of sp³-hybridized carbons (Fsp3) is 0.243. The van der Waals surface area contributed by atoms with Crippen molar-refractivity contribution >= 4 is 40.1 Å². The van der Waals surface area contributed by atoms with Gasteiger partial charge in [0.2, 0.25) is 0 Å². The third-order valence-corrected chi connectivity index (χ3v) is 9.52. The SMILES string of the molecule is CCN(CC)C(=O)C1=C(C)N=c2s/c(=C\c3ccc(-c4ccc(C(=O)OC)cc4C)o3)c(=O)n2[C@@H]1c1c(OC)ccc2ccccc12. The van der Waals surface area contributed by atoms with Gasteiger partial charge in [0.25, 0.3) is 11.5 Å². The number of esters is 1. The first-order valence-corrected chi connectivity index (χ1v) is 16.2. The third-order valence-electron chi connectivity index (χ3n) is 8.54. The Morgan fingerprint density at radius 1 is 1.02 bits per heavy atom. The molecule has 1 aliphatic rings. The van der Waals surface area contributed by atoms with Crippen LogP contribution in [0.5, 0.6) is 5.75 Å². The van der Waals surface area contributed by atoms with Gasteiger partial charge in [0.15, 0.2) is 4.80 Å². The molecule has 9 nitrogen and oxygen atoms in total. The molecule has 0 saturated carbocycles. The molecule has 0 fully saturated rings. The maximum absolute atomic E-state index is 14.4. The van der Waals surface area contributed by atoms with Crippen LogP contribution in [0.1, 0.15) is 54.1 Å². The molecule has 3 heterocycles. The number of aromatic nitrogens is 1. The highest BCUT2D eigenvalue weighted by molar-refractivity contribution is 7.07. The van der Waals surface area contributed by atoms with E-state index in [-0.39, 0.29) is 11.5 Å². The van der Waals surface area contributed by atoms with Crippen molar-refractivity contribution < 1.29 is 23.5 Å². The van der Waals surface area contributed by atoms with Gasteiger partial charge in [-0.05, 0) is 74.4 Å². The van der Waals surface area contributed by atoms with E-state index in [1.807, 2.05) is 76.2 Å². The highest BCUT2D eigenvalue weighted by Gasteiger charge is 2.36. The number of hydrogen-bond donors (Lipinski definition) is 0. The third kappa shape index (κ3) is 5.59. The van der Waals surface area contributed by atoms with Gasteiger partial charge in [-0.2, -0.15) is 0 Å². The summed E-state index contributed by atoms with van der Waals surface area (Å²) in [6.07, 6.45) is 1.70. The second-order valence-electron chi connectivity index (χ2n) is 11.2. The molecule has 3 aromatic carbocycles. The number of hydrogen-bond acceptors (Lipinski definition) is 8. The van der Waals surface area contributed by atoms with E-state index in [9.17, 15) is 14.4 Å². The fourth-order valence-corrected chi connectivity index (χ4v) is 7.20. The topological polar surface area (TPSA) is 103 Å². The van der Waals surface area contributed by atoms with E-state index in [2.05, 4.69) is 0 Å². The maximum atomic E-state index is 14.4. The van der Waals surface area contributed by atoms with E-state index in [1.165, 1.54) is 18.4 Å². The molecule has 10 heteroatoms. The van der Waals surface area contributed by atoms with Gasteiger partial charge in [-0.25, -0.2) is 9.79 Å². The molecule has 1 amide bonds. The molecule has 0 radical (unpaired) electrons. The zero-order chi connectivity index (χ0) is 33.4. The zero-order valence-corrected chi connectivity index (χ0v) is 27.9. The van der Waals surface area contributed by atoms with E-state index >= 15 is 0 Å². The minimum Gasteiger partial charge on any atom is -0.496 e. The summed E-state index contributed by atoms with van der Waals surface area (Å²) < 4.78 is 18.9. The van der Waals surface area contributed by atoms with E-state index in [1.54, 1.807) is 40.9 Å². The zero-order valence-electron chi connectivity index (χ0n) is 27.1. The van der Waals surface area contributed by atoms with Crippen molar-refractivity contribution in [2.24, 2.45) is 4.99 Å². The van der Waals surface area contributed by atoms with Gasteiger partial charge in [0.1, 0.15) is 23.3 Å². The number of nitrogens with zero attached hydrogens (tertiary/aromatic N) is 3. The number of carbonyl (C=O) groups excluding carboxylic acids is 2. The number of methoxy groups -OCH3 is 2. The van der Waals surface area contributed by atoms with Gasteiger partial charge in [0.05, 0.1) is 35.6 Å². The van der Waals surface area contributed by atoms with Gasteiger partial charge in [-0.1, -0.05) is 47.7 Å². The highest BCUT2D eigenvalue weighted by Crippen LogP contribution is 2.40. The lowest BCUT2D eigenvalue weighted by molar-refractivity contribution is -0.127. The normalized spacial score (nSPS) is 14.6. The molecule has 0 unspecified atom stereocenters. The molecule has 240 valence electrons. The number of amides is 1. The van der Waals surface area contributed by atoms with E-state index in [4.69, 9.17) is 18.9 Å².